The quantitative estimate of drug-likeness (QED) is 0.487. The molecule has 1 aliphatic carbocycles. The SMILES string of the molecule is C=C1C2=NC3C(COC)C=C(CO)C3c3c2c(c(CC(C)(C)C)c2ccccc32)O/C1=C/C(C)(C)C. The molecule has 0 bridgehead atoms. The normalized spacial score (nSPS) is 24.4. The van der Waals surface area contributed by atoms with Crippen molar-refractivity contribution < 1.29 is 14.6 Å². The molecule has 0 amide bonds. The monoisotopic (exact) mass is 485 g/mol. The zero-order valence-electron chi connectivity index (χ0n) is 22.7. The third-order valence-corrected chi connectivity index (χ3v) is 7.35. The maximum Gasteiger partial charge on any atom is 0.140 e. The highest BCUT2D eigenvalue weighted by Crippen LogP contribution is 2.54. The second-order valence-corrected chi connectivity index (χ2v) is 12.8. The summed E-state index contributed by atoms with van der Waals surface area (Å²) in [4.78, 5) is 5.37. The van der Waals surface area contributed by atoms with Crippen molar-refractivity contribution in [2.45, 2.75) is 59.9 Å². The van der Waals surface area contributed by atoms with Crippen LogP contribution in [0.1, 0.15) is 64.2 Å². The molecule has 4 heteroatoms. The smallest absolute Gasteiger partial charge is 0.140 e. The summed E-state index contributed by atoms with van der Waals surface area (Å²) in [6.45, 7) is 18.4. The van der Waals surface area contributed by atoms with Gasteiger partial charge in [0.15, 0.2) is 0 Å². The van der Waals surface area contributed by atoms with E-state index >= 15 is 0 Å². The van der Waals surface area contributed by atoms with Crippen LogP contribution in [0.4, 0.5) is 0 Å². The number of methoxy groups -OCH3 is 1. The summed E-state index contributed by atoms with van der Waals surface area (Å²) in [5.41, 5.74) is 6.26. The fraction of sp³-hybridized carbons (Fsp3) is 0.469. The lowest BCUT2D eigenvalue weighted by atomic mass is 9.73. The van der Waals surface area contributed by atoms with Crippen LogP contribution in [0.3, 0.4) is 0 Å². The summed E-state index contributed by atoms with van der Waals surface area (Å²) in [6, 6.07) is 8.63. The average Bonchev–Trinajstić information content (AvgIpc) is 3.14. The Labute approximate surface area is 215 Å². The van der Waals surface area contributed by atoms with Gasteiger partial charge in [-0.3, -0.25) is 4.99 Å². The Morgan fingerprint density at radius 1 is 1.11 bits per heavy atom. The standard InChI is InChI=1S/C32H39NO3/c1-18-24(15-32(5,6)7)36-30-23(14-31(2,3)4)21-11-9-10-12-22(21)26-25-19(16-34)13-20(17-35-8)29(25)33-28(18)27(26)30/h9-13,15,20,25,29,34H,1,14,16-17H2,2-8H3/b24-15+. The summed E-state index contributed by atoms with van der Waals surface area (Å²) in [5, 5.41) is 12.8. The number of fused-ring (bicyclic) bond motifs is 4. The molecule has 2 heterocycles. The van der Waals surface area contributed by atoms with Crippen molar-refractivity contribution in [1.29, 1.82) is 0 Å². The molecule has 1 N–H and O–H groups in total. The van der Waals surface area contributed by atoms with Crippen molar-refractivity contribution >= 4 is 16.5 Å². The Balaban J connectivity index is 1.88. The van der Waals surface area contributed by atoms with Crippen molar-refractivity contribution in [2.24, 2.45) is 21.7 Å². The molecule has 0 radical (unpaired) electrons. The van der Waals surface area contributed by atoms with Crippen molar-refractivity contribution in [3.63, 3.8) is 0 Å². The topological polar surface area (TPSA) is 51.0 Å². The number of aliphatic hydroxyl groups excluding tert-OH is 1. The largest absolute Gasteiger partial charge is 0.456 e. The maximum atomic E-state index is 10.4. The lowest BCUT2D eigenvalue weighted by Crippen LogP contribution is -2.34. The van der Waals surface area contributed by atoms with Crippen molar-refractivity contribution in [3.8, 4) is 5.75 Å². The van der Waals surface area contributed by atoms with Crippen molar-refractivity contribution in [2.75, 3.05) is 20.3 Å². The second kappa shape index (κ2) is 8.71. The van der Waals surface area contributed by atoms with Gasteiger partial charge in [0.1, 0.15) is 11.5 Å². The van der Waals surface area contributed by atoms with E-state index in [0.717, 1.165) is 40.4 Å². The fourth-order valence-corrected chi connectivity index (χ4v) is 6.09. The van der Waals surface area contributed by atoms with Gasteiger partial charge >= 0.3 is 0 Å². The zero-order valence-corrected chi connectivity index (χ0v) is 22.7. The lowest BCUT2D eigenvalue weighted by Gasteiger charge is -2.38. The van der Waals surface area contributed by atoms with E-state index < -0.39 is 0 Å². The predicted molar refractivity (Wildman–Crippen MR) is 148 cm³/mol. The molecule has 0 saturated heterocycles. The van der Waals surface area contributed by atoms with E-state index in [2.05, 4.69) is 84.5 Å². The molecule has 3 aliphatic rings. The molecule has 0 aromatic heterocycles. The van der Waals surface area contributed by atoms with Crippen LogP contribution in [0.25, 0.3) is 10.8 Å². The van der Waals surface area contributed by atoms with E-state index in [4.69, 9.17) is 14.5 Å². The van der Waals surface area contributed by atoms with Gasteiger partial charge in [0.25, 0.3) is 0 Å². The van der Waals surface area contributed by atoms with Crippen molar-refractivity contribution in [3.05, 3.63) is 76.6 Å². The Hall–Kier alpha value is -2.69. The van der Waals surface area contributed by atoms with Gasteiger partial charge < -0.3 is 14.6 Å². The first-order valence-corrected chi connectivity index (χ1v) is 13.0. The molecule has 3 atom stereocenters. The maximum absolute atomic E-state index is 10.4. The van der Waals surface area contributed by atoms with Crippen LogP contribution < -0.4 is 4.74 Å². The molecule has 0 saturated carbocycles. The number of aliphatic imine (C=N–C) groups is 1. The van der Waals surface area contributed by atoms with Gasteiger partial charge in [-0.25, -0.2) is 0 Å². The molecule has 36 heavy (non-hydrogen) atoms. The highest BCUT2D eigenvalue weighted by molar-refractivity contribution is 6.22. The van der Waals surface area contributed by atoms with E-state index in [0.29, 0.717) is 6.61 Å². The first kappa shape index (κ1) is 25.0. The summed E-state index contributed by atoms with van der Waals surface area (Å²) < 4.78 is 12.4. The van der Waals surface area contributed by atoms with Gasteiger partial charge in [0.05, 0.1) is 25.0 Å². The van der Waals surface area contributed by atoms with Gasteiger partial charge in [-0.05, 0) is 45.2 Å². The molecule has 0 fully saturated rings. The molecule has 0 spiro atoms. The van der Waals surface area contributed by atoms with Gasteiger partial charge in [-0.1, -0.05) is 78.5 Å². The Bertz CT molecular complexity index is 1330. The number of rotatable bonds is 4. The minimum Gasteiger partial charge on any atom is -0.456 e. The lowest BCUT2D eigenvalue weighted by molar-refractivity contribution is 0.160. The van der Waals surface area contributed by atoms with Crippen LogP contribution >= 0.6 is 0 Å². The van der Waals surface area contributed by atoms with E-state index in [1.54, 1.807) is 7.11 Å². The number of hydrogen-bond acceptors (Lipinski definition) is 4. The molecule has 2 aromatic rings. The number of allylic oxidation sites excluding steroid dienone is 2. The first-order valence-electron chi connectivity index (χ1n) is 13.0. The Kier molecular flexibility index (Phi) is 6.04. The number of ether oxygens (including phenoxy) is 2. The molecule has 4 nitrogen and oxygen atoms in total. The second-order valence-electron chi connectivity index (χ2n) is 12.8. The molecule has 190 valence electrons. The van der Waals surface area contributed by atoms with Gasteiger partial charge in [-0.2, -0.15) is 0 Å². The highest BCUT2D eigenvalue weighted by atomic mass is 16.5. The minimum atomic E-state index is -0.0744. The van der Waals surface area contributed by atoms with Crippen LogP contribution in [0.5, 0.6) is 5.75 Å². The Morgan fingerprint density at radius 3 is 2.42 bits per heavy atom. The van der Waals surface area contributed by atoms with Crippen molar-refractivity contribution in [1.82, 2.24) is 0 Å². The third-order valence-electron chi connectivity index (χ3n) is 7.35. The summed E-state index contributed by atoms with van der Waals surface area (Å²) in [5.74, 6) is 1.79. The number of hydrogen-bond donors (Lipinski definition) is 1. The van der Waals surface area contributed by atoms with E-state index in [1.165, 1.54) is 21.9 Å². The van der Waals surface area contributed by atoms with E-state index in [9.17, 15) is 5.11 Å². The van der Waals surface area contributed by atoms with E-state index in [-0.39, 0.29) is 35.3 Å². The van der Waals surface area contributed by atoms with Crippen LogP contribution in [-0.2, 0) is 11.2 Å². The predicted octanol–water partition coefficient (Wildman–Crippen LogP) is 6.76. The van der Waals surface area contributed by atoms with Crippen LogP contribution in [0, 0.1) is 16.7 Å². The molecule has 5 rings (SSSR count). The van der Waals surface area contributed by atoms with Crippen LogP contribution in [-0.4, -0.2) is 37.2 Å². The van der Waals surface area contributed by atoms with E-state index in [1.807, 2.05) is 0 Å². The minimum absolute atomic E-state index is 0.00853. The number of aliphatic hydroxyl groups is 1. The molecule has 3 unspecified atom stereocenters. The Morgan fingerprint density at radius 2 is 1.81 bits per heavy atom. The summed E-state index contributed by atoms with van der Waals surface area (Å²) >= 11 is 0. The van der Waals surface area contributed by atoms with Gasteiger partial charge in [0, 0.05) is 35.6 Å². The zero-order chi connectivity index (χ0) is 26.0. The third kappa shape index (κ3) is 4.14. The van der Waals surface area contributed by atoms with Crippen LogP contribution in [0.15, 0.2) is 64.9 Å². The molecule has 2 aliphatic heterocycles. The number of nitrogens with zero attached hydrogens (tertiary/aromatic N) is 1. The molecule has 2 aromatic carbocycles. The molecular formula is C32H39NO3. The fourth-order valence-electron chi connectivity index (χ4n) is 6.09. The summed E-state index contributed by atoms with van der Waals surface area (Å²) in [6.07, 6.45) is 5.23. The molecular weight excluding hydrogens is 446 g/mol. The average molecular weight is 486 g/mol. The van der Waals surface area contributed by atoms with Gasteiger partial charge in [-0.15, -0.1) is 0 Å². The number of benzene rings is 2. The first-order chi connectivity index (χ1) is 16.9. The summed E-state index contributed by atoms with van der Waals surface area (Å²) in [7, 11) is 1.73. The van der Waals surface area contributed by atoms with Gasteiger partial charge in [0.2, 0.25) is 0 Å². The highest BCUT2D eigenvalue weighted by Gasteiger charge is 2.46. The van der Waals surface area contributed by atoms with Crippen LogP contribution in [0.2, 0.25) is 0 Å².